The van der Waals surface area contributed by atoms with Crippen LogP contribution < -0.4 is 20.5 Å². The summed E-state index contributed by atoms with van der Waals surface area (Å²) in [7, 11) is 1.24. The van der Waals surface area contributed by atoms with Gasteiger partial charge in [0.25, 0.3) is 5.91 Å². The molecule has 0 aliphatic rings. The number of nitrogens with two attached hydrogens (primary N) is 1. The minimum absolute atomic E-state index is 0.265. The molecule has 3 amide bonds. The Balaban J connectivity index is 3.23. The third kappa shape index (κ3) is 6.10. The molecule has 1 aromatic rings. The number of methoxy groups -OCH3 is 1. The molecule has 0 radical (unpaired) electrons. The lowest BCUT2D eigenvalue weighted by molar-refractivity contribution is -0.142. The van der Waals surface area contributed by atoms with E-state index in [4.69, 9.17) is 20.5 Å². The topological polar surface area (TPSA) is 141 Å². The Bertz CT molecular complexity index is 785. The summed E-state index contributed by atoms with van der Waals surface area (Å²) in [5.41, 5.74) is 4.95. The number of esters is 1. The van der Waals surface area contributed by atoms with Gasteiger partial charge in [0.1, 0.15) is 11.6 Å². The number of nitrogens with one attached hydrogen (secondary N) is 1. The van der Waals surface area contributed by atoms with Crippen molar-refractivity contribution in [3.05, 3.63) is 27.7 Å². The van der Waals surface area contributed by atoms with Gasteiger partial charge in [-0.3, -0.25) is 10.1 Å². The molecule has 1 rings (SSSR count). The van der Waals surface area contributed by atoms with E-state index in [0.29, 0.717) is 22.4 Å². The molecule has 0 fully saturated rings. The number of halogens is 1. The van der Waals surface area contributed by atoms with Gasteiger partial charge in [-0.1, -0.05) is 15.9 Å². The fourth-order valence-corrected chi connectivity index (χ4v) is 2.16. The van der Waals surface area contributed by atoms with Gasteiger partial charge < -0.3 is 19.9 Å². The van der Waals surface area contributed by atoms with E-state index in [2.05, 4.69) is 20.7 Å². The molecule has 0 heterocycles. The molecule has 0 aliphatic heterocycles. The molecular formula is C16H16BrN3O6. The van der Waals surface area contributed by atoms with Gasteiger partial charge in [-0.05, 0) is 30.7 Å². The van der Waals surface area contributed by atoms with Crippen LogP contribution in [-0.4, -0.2) is 38.2 Å². The lowest BCUT2D eigenvalue weighted by Crippen LogP contribution is -2.35. The number of imide groups is 1. The third-order valence-corrected chi connectivity index (χ3v) is 3.52. The van der Waals surface area contributed by atoms with Gasteiger partial charge in [0, 0.05) is 4.47 Å². The second kappa shape index (κ2) is 10.0. The molecule has 0 unspecified atom stereocenters. The number of carbonyl (C=O) groups is 3. The molecule has 9 nitrogen and oxygen atoms in total. The molecule has 0 spiro atoms. The number of benzene rings is 1. The highest BCUT2D eigenvalue weighted by Gasteiger charge is 2.15. The van der Waals surface area contributed by atoms with E-state index in [1.165, 1.54) is 25.3 Å². The van der Waals surface area contributed by atoms with Gasteiger partial charge in [0.2, 0.25) is 0 Å². The first kappa shape index (κ1) is 21.0. The molecule has 0 aromatic heterocycles. The summed E-state index contributed by atoms with van der Waals surface area (Å²) in [5, 5.41) is 10.9. The minimum Gasteiger partial charge on any atom is -0.490 e. The second-order valence-corrected chi connectivity index (χ2v) is 5.46. The van der Waals surface area contributed by atoms with Crippen LogP contribution in [0.1, 0.15) is 12.5 Å². The second-order valence-electron chi connectivity index (χ2n) is 4.61. The van der Waals surface area contributed by atoms with Crippen molar-refractivity contribution in [1.29, 1.82) is 5.26 Å². The Morgan fingerprint density at radius 1 is 1.31 bits per heavy atom. The van der Waals surface area contributed by atoms with Crippen LogP contribution in [0.2, 0.25) is 0 Å². The third-order valence-electron chi connectivity index (χ3n) is 2.84. The molecular weight excluding hydrogens is 410 g/mol. The van der Waals surface area contributed by atoms with Crippen molar-refractivity contribution in [2.24, 2.45) is 5.73 Å². The molecule has 138 valence electrons. The van der Waals surface area contributed by atoms with Crippen LogP contribution in [0.15, 0.2) is 22.2 Å². The quantitative estimate of drug-likeness (QED) is 0.382. The molecule has 0 saturated carbocycles. The van der Waals surface area contributed by atoms with E-state index in [9.17, 15) is 14.4 Å². The van der Waals surface area contributed by atoms with Crippen LogP contribution in [0.3, 0.4) is 0 Å². The van der Waals surface area contributed by atoms with Gasteiger partial charge in [-0.25, -0.2) is 9.59 Å². The summed E-state index contributed by atoms with van der Waals surface area (Å²) in [6.07, 6.45) is 1.25. The maximum atomic E-state index is 11.8. The highest BCUT2D eigenvalue weighted by molar-refractivity contribution is 9.10. The molecule has 10 heteroatoms. The molecule has 3 N–H and O–H groups in total. The maximum absolute atomic E-state index is 11.8. The van der Waals surface area contributed by atoms with E-state index in [1.54, 1.807) is 13.0 Å². The number of primary amides is 1. The Morgan fingerprint density at radius 3 is 2.50 bits per heavy atom. The first-order valence-electron chi connectivity index (χ1n) is 7.20. The van der Waals surface area contributed by atoms with E-state index in [-0.39, 0.29) is 17.9 Å². The number of nitrogens with zero attached hydrogens (tertiary/aromatic N) is 1. The molecule has 0 aliphatic carbocycles. The van der Waals surface area contributed by atoms with Crippen molar-refractivity contribution in [2.75, 3.05) is 20.3 Å². The lowest BCUT2D eigenvalue weighted by atomic mass is 10.1. The van der Waals surface area contributed by atoms with Crippen molar-refractivity contribution in [3.63, 3.8) is 0 Å². The van der Waals surface area contributed by atoms with Crippen molar-refractivity contribution < 1.29 is 28.6 Å². The number of carbonyl (C=O) groups excluding carboxylic acids is 3. The Morgan fingerprint density at radius 2 is 1.96 bits per heavy atom. The van der Waals surface area contributed by atoms with Gasteiger partial charge in [0.15, 0.2) is 18.1 Å². The number of rotatable bonds is 7. The lowest BCUT2D eigenvalue weighted by Gasteiger charge is -2.13. The standard InChI is InChI=1S/C16H16BrN3O6/c1-3-25-12-5-9(4-10(7-18)15(22)20-16(19)23)11(17)6-13(12)26-8-14(21)24-2/h4-6H,3,8H2,1-2H3,(H3,19,20,22,23)/b10-4-. The van der Waals surface area contributed by atoms with Crippen molar-refractivity contribution in [2.45, 2.75) is 6.92 Å². The number of hydrogen-bond donors (Lipinski definition) is 2. The highest BCUT2D eigenvalue weighted by Crippen LogP contribution is 2.35. The van der Waals surface area contributed by atoms with Gasteiger partial charge >= 0.3 is 12.0 Å². The zero-order valence-electron chi connectivity index (χ0n) is 14.0. The molecule has 0 bridgehead atoms. The summed E-state index contributed by atoms with van der Waals surface area (Å²) in [6, 6.07) is 3.64. The van der Waals surface area contributed by atoms with Crippen molar-refractivity contribution in [1.82, 2.24) is 5.32 Å². The smallest absolute Gasteiger partial charge is 0.343 e. The molecule has 0 atom stereocenters. The first-order chi connectivity index (χ1) is 12.3. The Hall–Kier alpha value is -3.06. The molecule has 26 heavy (non-hydrogen) atoms. The maximum Gasteiger partial charge on any atom is 0.343 e. The SMILES string of the molecule is CCOc1cc(/C=C(/C#N)C(=O)NC(N)=O)c(Br)cc1OCC(=O)OC. The summed E-state index contributed by atoms with van der Waals surface area (Å²) in [5.74, 6) is -0.946. The number of ether oxygens (including phenoxy) is 3. The van der Waals surface area contributed by atoms with Crippen LogP contribution in [0.5, 0.6) is 11.5 Å². The summed E-state index contributed by atoms with van der Waals surface area (Å²) in [4.78, 5) is 33.7. The van der Waals surface area contributed by atoms with E-state index in [1.807, 2.05) is 5.32 Å². The monoisotopic (exact) mass is 425 g/mol. The Labute approximate surface area is 157 Å². The van der Waals surface area contributed by atoms with Gasteiger partial charge in [-0.15, -0.1) is 0 Å². The predicted molar refractivity (Wildman–Crippen MR) is 94.1 cm³/mol. The predicted octanol–water partition coefficient (Wildman–Crippen LogP) is 1.50. The molecule has 0 saturated heterocycles. The van der Waals surface area contributed by atoms with Crippen LogP contribution in [0.25, 0.3) is 6.08 Å². The van der Waals surface area contributed by atoms with Crippen molar-refractivity contribution >= 4 is 39.9 Å². The fourth-order valence-electron chi connectivity index (χ4n) is 1.72. The Kier molecular flexibility index (Phi) is 8.11. The zero-order valence-corrected chi connectivity index (χ0v) is 15.6. The first-order valence-corrected chi connectivity index (χ1v) is 8.00. The molecule has 1 aromatic carbocycles. The number of amides is 3. The zero-order chi connectivity index (χ0) is 19.7. The van der Waals surface area contributed by atoms with E-state index in [0.717, 1.165) is 0 Å². The van der Waals surface area contributed by atoms with Crippen LogP contribution >= 0.6 is 15.9 Å². The van der Waals surface area contributed by atoms with Crippen molar-refractivity contribution in [3.8, 4) is 17.6 Å². The van der Waals surface area contributed by atoms with Gasteiger partial charge in [-0.2, -0.15) is 5.26 Å². The number of urea groups is 1. The number of hydrogen-bond acceptors (Lipinski definition) is 7. The van der Waals surface area contributed by atoms with Crippen LogP contribution in [0, 0.1) is 11.3 Å². The van der Waals surface area contributed by atoms with Gasteiger partial charge in [0.05, 0.1) is 13.7 Å². The summed E-state index contributed by atoms with van der Waals surface area (Å²) >= 11 is 3.29. The van der Waals surface area contributed by atoms with Crippen LogP contribution in [-0.2, 0) is 14.3 Å². The summed E-state index contributed by atoms with van der Waals surface area (Å²) < 4.78 is 15.8. The summed E-state index contributed by atoms with van der Waals surface area (Å²) in [6.45, 7) is 1.75. The van der Waals surface area contributed by atoms with E-state index < -0.39 is 17.9 Å². The largest absolute Gasteiger partial charge is 0.490 e. The highest BCUT2D eigenvalue weighted by atomic mass is 79.9. The number of nitriles is 1. The normalized spacial score (nSPS) is 10.5. The van der Waals surface area contributed by atoms with E-state index >= 15 is 0 Å². The fraction of sp³-hybridized carbons (Fsp3) is 0.250. The minimum atomic E-state index is -1.07. The average molecular weight is 426 g/mol. The van der Waals surface area contributed by atoms with Crippen LogP contribution in [0.4, 0.5) is 4.79 Å². The average Bonchev–Trinajstić information content (AvgIpc) is 2.59.